The minimum Gasteiger partial charge on any atom is -0.391 e. The van der Waals surface area contributed by atoms with Crippen LogP contribution in [0.1, 0.15) is 25.7 Å². The van der Waals surface area contributed by atoms with Gasteiger partial charge in [-0.15, -0.1) is 0 Å². The van der Waals surface area contributed by atoms with Crippen LogP contribution in [0.4, 0.5) is 0 Å². The molecule has 3 unspecified atom stereocenters. The molecule has 1 aliphatic heterocycles. The van der Waals surface area contributed by atoms with Gasteiger partial charge >= 0.3 is 0 Å². The summed E-state index contributed by atoms with van der Waals surface area (Å²) < 4.78 is 0. The van der Waals surface area contributed by atoms with E-state index in [0.717, 1.165) is 43.7 Å². The molecule has 4 nitrogen and oxygen atoms in total. The standard InChI is InChI=1S/C12H22N2O2S/c1-14(10-4-2-3-5-11(10)15)12(16)9-8-17-7-6-13-9/h9-11,13,15H,2-8H2,1H3. The van der Waals surface area contributed by atoms with Gasteiger partial charge in [0, 0.05) is 25.1 Å². The summed E-state index contributed by atoms with van der Waals surface area (Å²) in [5.41, 5.74) is 0. The number of nitrogens with one attached hydrogen (secondary N) is 1. The van der Waals surface area contributed by atoms with E-state index in [1.54, 1.807) is 4.90 Å². The third-order valence-corrected chi connectivity index (χ3v) is 4.82. The first-order chi connectivity index (χ1) is 8.20. The van der Waals surface area contributed by atoms with Crippen LogP contribution < -0.4 is 5.32 Å². The number of carbonyl (C=O) groups excluding carboxylic acids is 1. The predicted molar refractivity (Wildman–Crippen MR) is 70.1 cm³/mol. The van der Waals surface area contributed by atoms with Crippen molar-refractivity contribution >= 4 is 17.7 Å². The Labute approximate surface area is 107 Å². The van der Waals surface area contributed by atoms with Crippen molar-refractivity contribution in [3.05, 3.63) is 0 Å². The van der Waals surface area contributed by atoms with Gasteiger partial charge in [0.05, 0.1) is 18.2 Å². The summed E-state index contributed by atoms with van der Waals surface area (Å²) in [5, 5.41) is 13.2. The summed E-state index contributed by atoms with van der Waals surface area (Å²) in [6.45, 7) is 0.905. The monoisotopic (exact) mass is 258 g/mol. The fourth-order valence-electron chi connectivity index (χ4n) is 2.68. The number of likely N-dealkylation sites (N-methyl/N-ethyl adjacent to an activating group) is 1. The van der Waals surface area contributed by atoms with Crippen molar-refractivity contribution in [3.63, 3.8) is 0 Å². The maximum atomic E-state index is 12.3. The molecule has 5 heteroatoms. The molecule has 1 aliphatic carbocycles. The quantitative estimate of drug-likeness (QED) is 0.755. The summed E-state index contributed by atoms with van der Waals surface area (Å²) in [6, 6.07) is -0.0437. The normalized spacial score (nSPS) is 34.4. The van der Waals surface area contributed by atoms with Crippen molar-refractivity contribution in [3.8, 4) is 0 Å². The highest BCUT2D eigenvalue weighted by atomic mass is 32.2. The number of amides is 1. The average molecular weight is 258 g/mol. The van der Waals surface area contributed by atoms with Gasteiger partial charge in [-0.2, -0.15) is 11.8 Å². The second kappa shape index (κ2) is 6.07. The smallest absolute Gasteiger partial charge is 0.240 e. The molecule has 0 spiro atoms. The zero-order valence-corrected chi connectivity index (χ0v) is 11.2. The summed E-state index contributed by atoms with van der Waals surface area (Å²) in [4.78, 5) is 14.1. The summed E-state index contributed by atoms with van der Waals surface area (Å²) in [5.74, 6) is 2.08. The lowest BCUT2D eigenvalue weighted by atomic mass is 9.91. The van der Waals surface area contributed by atoms with Crippen LogP contribution >= 0.6 is 11.8 Å². The first kappa shape index (κ1) is 13.2. The molecule has 1 heterocycles. The van der Waals surface area contributed by atoms with E-state index >= 15 is 0 Å². The molecule has 98 valence electrons. The fourth-order valence-corrected chi connectivity index (χ4v) is 3.60. The van der Waals surface area contributed by atoms with E-state index in [1.165, 1.54) is 0 Å². The lowest BCUT2D eigenvalue weighted by molar-refractivity contribution is -0.137. The minimum atomic E-state index is -0.339. The predicted octanol–water partition coefficient (Wildman–Crippen LogP) is 0.453. The zero-order chi connectivity index (χ0) is 12.3. The number of carbonyl (C=O) groups is 1. The Bertz CT molecular complexity index is 269. The van der Waals surface area contributed by atoms with Crippen molar-refractivity contribution in [2.45, 2.75) is 43.9 Å². The van der Waals surface area contributed by atoms with Gasteiger partial charge in [-0.25, -0.2) is 0 Å². The molecule has 1 saturated heterocycles. The minimum absolute atomic E-state index is 0.0185. The Morgan fingerprint density at radius 2 is 2.18 bits per heavy atom. The molecule has 0 radical (unpaired) electrons. The Morgan fingerprint density at radius 1 is 1.41 bits per heavy atom. The third kappa shape index (κ3) is 3.14. The first-order valence-electron chi connectivity index (χ1n) is 6.46. The number of hydrogen-bond acceptors (Lipinski definition) is 4. The maximum absolute atomic E-state index is 12.3. The molecule has 3 atom stereocenters. The van der Waals surface area contributed by atoms with Crippen LogP contribution in [0.5, 0.6) is 0 Å². The van der Waals surface area contributed by atoms with Crippen LogP contribution in [0.15, 0.2) is 0 Å². The summed E-state index contributed by atoms with van der Waals surface area (Å²) in [7, 11) is 1.84. The van der Waals surface area contributed by atoms with Crippen molar-refractivity contribution in [2.24, 2.45) is 0 Å². The van der Waals surface area contributed by atoms with Gasteiger partial charge in [0.25, 0.3) is 0 Å². The molecule has 2 fully saturated rings. The molecule has 0 aromatic rings. The Hall–Kier alpha value is -0.260. The van der Waals surface area contributed by atoms with E-state index in [0.29, 0.717) is 0 Å². The number of aliphatic hydroxyl groups is 1. The molecular formula is C12H22N2O2S. The molecule has 2 aliphatic rings. The Morgan fingerprint density at radius 3 is 2.82 bits per heavy atom. The second-order valence-electron chi connectivity index (χ2n) is 4.95. The van der Waals surface area contributed by atoms with Gasteiger partial charge in [-0.3, -0.25) is 4.79 Å². The molecule has 0 aromatic carbocycles. The molecule has 1 saturated carbocycles. The van der Waals surface area contributed by atoms with Crippen LogP contribution in [0.3, 0.4) is 0 Å². The average Bonchev–Trinajstić information content (AvgIpc) is 2.39. The molecule has 1 amide bonds. The molecule has 0 bridgehead atoms. The van der Waals surface area contributed by atoms with Crippen LogP contribution in [0, 0.1) is 0 Å². The number of nitrogens with zero attached hydrogens (tertiary/aromatic N) is 1. The lowest BCUT2D eigenvalue weighted by Crippen LogP contribution is -2.55. The zero-order valence-electron chi connectivity index (χ0n) is 10.4. The van der Waals surface area contributed by atoms with E-state index in [2.05, 4.69) is 5.32 Å². The van der Waals surface area contributed by atoms with Gasteiger partial charge in [-0.1, -0.05) is 12.8 Å². The molecule has 2 N–H and O–H groups in total. The van der Waals surface area contributed by atoms with Crippen molar-refractivity contribution in [2.75, 3.05) is 25.1 Å². The van der Waals surface area contributed by atoms with Crippen molar-refractivity contribution < 1.29 is 9.90 Å². The van der Waals surface area contributed by atoms with Crippen molar-refractivity contribution in [1.29, 1.82) is 0 Å². The van der Waals surface area contributed by atoms with Crippen molar-refractivity contribution in [1.82, 2.24) is 10.2 Å². The van der Waals surface area contributed by atoms with E-state index in [4.69, 9.17) is 0 Å². The first-order valence-corrected chi connectivity index (χ1v) is 7.61. The highest BCUT2D eigenvalue weighted by molar-refractivity contribution is 7.99. The Kier molecular flexibility index (Phi) is 4.70. The number of aliphatic hydroxyl groups excluding tert-OH is 1. The summed E-state index contributed by atoms with van der Waals surface area (Å²) >= 11 is 1.82. The largest absolute Gasteiger partial charge is 0.391 e. The molecule has 0 aromatic heterocycles. The molecule has 17 heavy (non-hydrogen) atoms. The van der Waals surface area contributed by atoms with Crippen LogP contribution in [0.2, 0.25) is 0 Å². The fraction of sp³-hybridized carbons (Fsp3) is 0.917. The van der Waals surface area contributed by atoms with Crippen LogP contribution in [-0.4, -0.2) is 59.2 Å². The second-order valence-corrected chi connectivity index (χ2v) is 6.10. The van der Waals surface area contributed by atoms with Gasteiger partial charge in [-0.05, 0) is 12.8 Å². The number of rotatable bonds is 2. The van der Waals surface area contributed by atoms with Gasteiger partial charge in [0.1, 0.15) is 0 Å². The lowest BCUT2D eigenvalue weighted by Gasteiger charge is -2.37. The number of thioether (sulfide) groups is 1. The van der Waals surface area contributed by atoms with Gasteiger partial charge in [0.15, 0.2) is 0 Å². The van der Waals surface area contributed by atoms with Gasteiger partial charge < -0.3 is 15.3 Å². The summed E-state index contributed by atoms with van der Waals surface area (Å²) in [6.07, 6.45) is 3.62. The van der Waals surface area contributed by atoms with E-state index in [9.17, 15) is 9.90 Å². The van der Waals surface area contributed by atoms with E-state index in [-0.39, 0.29) is 24.1 Å². The van der Waals surface area contributed by atoms with Crippen LogP contribution in [-0.2, 0) is 4.79 Å². The third-order valence-electron chi connectivity index (χ3n) is 3.76. The van der Waals surface area contributed by atoms with Crippen LogP contribution in [0.25, 0.3) is 0 Å². The highest BCUT2D eigenvalue weighted by Gasteiger charge is 2.33. The topological polar surface area (TPSA) is 52.6 Å². The van der Waals surface area contributed by atoms with E-state index < -0.39 is 0 Å². The molecule has 2 rings (SSSR count). The highest BCUT2D eigenvalue weighted by Crippen LogP contribution is 2.23. The van der Waals surface area contributed by atoms with E-state index in [1.807, 2.05) is 18.8 Å². The maximum Gasteiger partial charge on any atom is 0.240 e. The van der Waals surface area contributed by atoms with Gasteiger partial charge in [0.2, 0.25) is 5.91 Å². The molecular weight excluding hydrogens is 236 g/mol. The SMILES string of the molecule is CN(C(=O)C1CSCCN1)C1CCCCC1O. The Balaban J connectivity index is 1.92. The number of hydrogen-bond donors (Lipinski definition) is 2.